The molecule has 3 aromatic carbocycles. The van der Waals surface area contributed by atoms with E-state index in [0.29, 0.717) is 39.4 Å². The van der Waals surface area contributed by atoms with E-state index in [9.17, 15) is 14.3 Å². The van der Waals surface area contributed by atoms with Gasteiger partial charge < -0.3 is 19.0 Å². The van der Waals surface area contributed by atoms with Crippen LogP contribution in [-0.2, 0) is 4.74 Å². The molecule has 0 spiro atoms. The van der Waals surface area contributed by atoms with Crippen molar-refractivity contribution >= 4 is 16.9 Å². The number of carbonyl (C=O) groups excluding carboxylic acids is 1. The van der Waals surface area contributed by atoms with Crippen LogP contribution in [0.1, 0.15) is 41.4 Å². The number of rotatable bonds is 6. The lowest BCUT2D eigenvalue weighted by Gasteiger charge is -2.09. The van der Waals surface area contributed by atoms with Gasteiger partial charge in [-0.25, -0.2) is 9.18 Å². The number of benzene rings is 3. The van der Waals surface area contributed by atoms with Gasteiger partial charge in [-0.3, -0.25) is 0 Å². The Balaban J connectivity index is 1.76. The van der Waals surface area contributed by atoms with Gasteiger partial charge in [0.05, 0.1) is 12.7 Å². The van der Waals surface area contributed by atoms with Gasteiger partial charge in [0.25, 0.3) is 0 Å². The molecule has 4 aromatic rings. The van der Waals surface area contributed by atoms with Crippen molar-refractivity contribution in [1.29, 1.82) is 0 Å². The van der Waals surface area contributed by atoms with Gasteiger partial charge in [0.1, 0.15) is 34.2 Å². The second-order valence-corrected chi connectivity index (χ2v) is 7.49. The summed E-state index contributed by atoms with van der Waals surface area (Å²) in [7, 11) is 0. The molecular formula is C26H23FO5. The maximum atomic E-state index is 13.1. The zero-order valence-electron chi connectivity index (χ0n) is 18.0. The average Bonchev–Trinajstić information content (AvgIpc) is 3.13. The highest BCUT2D eigenvalue weighted by Gasteiger charge is 2.24. The Labute approximate surface area is 185 Å². The van der Waals surface area contributed by atoms with Crippen LogP contribution in [0.25, 0.3) is 22.3 Å². The van der Waals surface area contributed by atoms with E-state index in [4.69, 9.17) is 13.9 Å². The Morgan fingerprint density at radius 1 is 1.06 bits per heavy atom. The molecule has 0 radical (unpaired) electrons. The zero-order valence-corrected chi connectivity index (χ0v) is 18.0. The van der Waals surface area contributed by atoms with Crippen molar-refractivity contribution in [2.24, 2.45) is 0 Å². The van der Waals surface area contributed by atoms with E-state index in [1.807, 2.05) is 13.0 Å². The summed E-state index contributed by atoms with van der Waals surface area (Å²) in [6, 6.07) is 16.4. The molecule has 1 atom stereocenters. The highest BCUT2D eigenvalue weighted by molar-refractivity contribution is 6.09. The van der Waals surface area contributed by atoms with E-state index < -0.39 is 12.1 Å². The zero-order chi connectivity index (χ0) is 22.8. The Bertz CT molecular complexity index is 1250. The number of hydrogen-bond acceptors (Lipinski definition) is 5. The van der Waals surface area contributed by atoms with E-state index in [1.54, 1.807) is 56.3 Å². The summed E-state index contributed by atoms with van der Waals surface area (Å²) in [5, 5.41) is 10.7. The summed E-state index contributed by atoms with van der Waals surface area (Å²) >= 11 is 0. The third kappa shape index (κ3) is 4.22. The summed E-state index contributed by atoms with van der Waals surface area (Å²) in [5.74, 6) is 0.623. The van der Waals surface area contributed by atoms with Crippen LogP contribution in [0.5, 0.6) is 11.5 Å². The maximum Gasteiger partial charge on any atom is 0.342 e. The van der Waals surface area contributed by atoms with Crippen molar-refractivity contribution in [3.05, 3.63) is 83.2 Å². The molecular weight excluding hydrogens is 411 g/mol. The fourth-order valence-electron chi connectivity index (χ4n) is 3.63. The summed E-state index contributed by atoms with van der Waals surface area (Å²) in [4.78, 5) is 12.8. The molecule has 0 fully saturated rings. The number of aliphatic hydroxyl groups excluding tert-OH is 1. The highest BCUT2D eigenvalue weighted by Crippen LogP contribution is 2.37. The summed E-state index contributed by atoms with van der Waals surface area (Å²) < 4.78 is 30.2. The number of halogens is 1. The molecule has 0 saturated carbocycles. The minimum Gasteiger partial charge on any atom is -0.462 e. The van der Waals surface area contributed by atoms with Gasteiger partial charge >= 0.3 is 5.97 Å². The van der Waals surface area contributed by atoms with Crippen molar-refractivity contribution < 1.29 is 28.2 Å². The van der Waals surface area contributed by atoms with Crippen LogP contribution in [0, 0.1) is 12.7 Å². The van der Waals surface area contributed by atoms with Gasteiger partial charge in [-0.2, -0.15) is 0 Å². The van der Waals surface area contributed by atoms with E-state index in [2.05, 4.69) is 0 Å². The number of aliphatic hydroxyl groups is 1. The smallest absolute Gasteiger partial charge is 0.342 e. The molecule has 4 rings (SSSR count). The standard InChI is InChI=1S/C26H23FO5/c1-4-30-26(29)24-22-14-21(16(3)28)15(2)13-23(22)32-25(24)17-5-9-19(10-6-17)31-20-11-7-18(27)8-12-20/h5-14,16,28H,4H2,1-3H3. The van der Waals surface area contributed by atoms with Crippen molar-refractivity contribution in [3.8, 4) is 22.8 Å². The van der Waals surface area contributed by atoms with Crippen LogP contribution in [0.4, 0.5) is 4.39 Å². The van der Waals surface area contributed by atoms with Crippen LogP contribution in [0.15, 0.2) is 65.1 Å². The van der Waals surface area contributed by atoms with E-state index in [-0.39, 0.29) is 12.4 Å². The predicted molar refractivity (Wildman–Crippen MR) is 119 cm³/mol. The number of furan rings is 1. The normalized spacial score (nSPS) is 12.0. The molecule has 0 saturated heterocycles. The molecule has 0 aliphatic carbocycles. The first-order valence-electron chi connectivity index (χ1n) is 10.3. The Kier molecular flexibility index (Phi) is 5.97. The first-order chi connectivity index (χ1) is 15.4. The van der Waals surface area contributed by atoms with Crippen LogP contribution in [0.2, 0.25) is 0 Å². The summed E-state index contributed by atoms with van der Waals surface area (Å²) in [6.45, 7) is 5.53. The molecule has 1 unspecified atom stereocenters. The number of aryl methyl sites for hydroxylation is 1. The first-order valence-corrected chi connectivity index (χ1v) is 10.3. The molecule has 1 N–H and O–H groups in total. The lowest BCUT2D eigenvalue weighted by atomic mass is 9.99. The van der Waals surface area contributed by atoms with Crippen molar-refractivity contribution in [1.82, 2.24) is 0 Å². The molecule has 0 amide bonds. The molecule has 1 aromatic heterocycles. The Morgan fingerprint density at radius 3 is 2.28 bits per heavy atom. The number of esters is 1. The topological polar surface area (TPSA) is 68.9 Å². The maximum absolute atomic E-state index is 13.1. The van der Waals surface area contributed by atoms with Crippen LogP contribution >= 0.6 is 0 Å². The average molecular weight is 434 g/mol. The third-order valence-corrected chi connectivity index (χ3v) is 5.17. The van der Waals surface area contributed by atoms with Gasteiger partial charge in [-0.15, -0.1) is 0 Å². The molecule has 6 heteroatoms. The molecule has 0 aliphatic rings. The van der Waals surface area contributed by atoms with Crippen LogP contribution < -0.4 is 4.74 Å². The second-order valence-electron chi connectivity index (χ2n) is 7.49. The van der Waals surface area contributed by atoms with Gasteiger partial charge in [-0.1, -0.05) is 0 Å². The Morgan fingerprint density at radius 2 is 1.69 bits per heavy atom. The third-order valence-electron chi connectivity index (χ3n) is 5.17. The summed E-state index contributed by atoms with van der Waals surface area (Å²) in [6.07, 6.45) is -0.685. The lowest BCUT2D eigenvalue weighted by Crippen LogP contribution is -2.05. The van der Waals surface area contributed by atoms with E-state index >= 15 is 0 Å². The molecule has 1 heterocycles. The largest absolute Gasteiger partial charge is 0.462 e. The molecule has 0 aliphatic heterocycles. The van der Waals surface area contributed by atoms with Crippen LogP contribution in [-0.4, -0.2) is 17.7 Å². The van der Waals surface area contributed by atoms with Crippen molar-refractivity contribution in [2.45, 2.75) is 26.9 Å². The fourth-order valence-corrected chi connectivity index (χ4v) is 3.63. The number of carbonyl (C=O) groups is 1. The molecule has 32 heavy (non-hydrogen) atoms. The number of hydrogen-bond donors (Lipinski definition) is 1. The number of ether oxygens (including phenoxy) is 2. The highest BCUT2D eigenvalue weighted by atomic mass is 19.1. The second kappa shape index (κ2) is 8.85. The van der Waals surface area contributed by atoms with E-state index in [0.717, 1.165) is 11.1 Å². The van der Waals surface area contributed by atoms with Crippen molar-refractivity contribution in [2.75, 3.05) is 6.61 Å². The minimum absolute atomic E-state index is 0.227. The quantitative estimate of drug-likeness (QED) is 0.348. The Hall–Kier alpha value is -3.64. The fraction of sp³-hybridized carbons (Fsp3) is 0.192. The minimum atomic E-state index is -0.685. The van der Waals surface area contributed by atoms with Gasteiger partial charge in [0.2, 0.25) is 0 Å². The van der Waals surface area contributed by atoms with Gasteiger partial charge in [0, 0.05) is 10.9 Å². The van der Waals surface area contributed by atoms with Crippen molar-refractivity contribution in [3.63, 3.8) is 0 Å². The molecule has 164 valence electrons. The molecule has 0 bridgehead atoms. The SMILES string of the molecule is CCOC(=O)c1c(-c2ccc(Oc3ccc(F)cc3)cc2)oc2cc(C)c(C(C)O)cc12. The molecule has 5 nitrogen and oxygen atoms in total. The van der Waals surface area contributed by atoms with Gasteiger partial charge in [0.15, 0.2) is 0 Å². The predicted octanol–water partition coefficient (Wildman–Crippen LogP) is 6.57. The first kappa shape index (κ1) is 21.6. The monoisotopic (exact) mass is 434 g/mol. The van der Waals surface area contributed by atoms with Gasteiger partial charge in [-0.05, 0) is 92.6 Å². The lowest BCUT2D eigenvalue weighted by molar-refractivity contribution is 0.0528. The van der Waals surface area contributed by atoms with Crippen LogP contribution in [0.3, 0.4) is 0 Å². The number of fused-ring (bicyclic) bond motifs is 1. The van der Waals surface area contributed by atoms with E-state index in [1.165, 1.54) is 12.1 Å². The summed E-state index contributed by atoms with van der Waals surface area (Å²) in [5.41, 5.74) is 3.12.